The fraction of sp³-hybridized carbons (Fsp3) is 1.00. The molecule has 0 amide bonds. The van der Waals surface area contributed by atoms with E-state index in [0.717, 1.165) is 5.92 Å². The minimum absolute atomic E-state index is 0.954. The molecule has 96 valence electrons. The van der Waals surface area contributed by atoms with Crippen LogP contribution < -0.4 is 5.32 Å². The summed E-state index contributed by atoms with van der Waals surface area (Å²) in [6, 6.07) is 0. The average Bonchev–Trinajstić information content (AvgIpc) is 2.30. The Labute approximate surface area is 106 Å². The molecule has 0 atom stereocenters. The number of nitrogens with zero attached hydrogens (tertiary/aromatic N) is 1. The first-order valence-corrected chi connectivity index (χ1v) is 8.14. The lowest BCUT2D eigenvalue weighted by molar-refractivity contribution is 0.193. The molecule has 0 unspecified atom stereocenters. The van der Waals surface area contributed by atoms with Crippen molar-refractivity contribution >= 4 is 11.8 Å². The summed E-state index contributed by atoms with van der Waals surface area (Å²) < 4.78 is 0. The highest BCUT2D eigenvalue weighted by Crippen LogP contribution is 2.14. The molecule has 3 heteroatoms. The van der Waals surface area contributed by atoms with Crippen molar-refractivity contribution in [3.63, 3.8) is 0 Å². The number of hydrogen-bond acceptors (Lipinski definition) is 3. The van der Waals surface area contributed by atoms with Gasteiger partial charge in [0.05, 0.1) is 0 Å². The number of thioether (sulfide) groups is 1. The van der Waals surface area contributed by atoms with E-state index >= 15 is 0 Å². The molecule has 0 bridgehead atoms. The van der Waals surface area contributed by atoms with Crippen LogP contribution in [0.5, 0.6) is 0 Å². The molecule has 0 radical (unpaired) electrons. The summed E-state index contributed by atoms with van der Waals surface area (Å²) in [5.74, 6) is 2.27. The van der Waals surface area contributed by atoms with Gasteiger partial charge in [0.1, 0.15) is 0 Å². The van der Waals surface area contributed by atoms with Crippen molar-refractivity contribution in [3.8, 4) is 0 Å². The van der Waals surface area contributed by atoms with E-state index in [1.54, 1.807) is 0 Å². The van der Waals surface area contributed by atoms with Crippen LogP contribution in [0, 0.1) is 5.92 Å². The second kappa shape index (κ2) is 9.32. The zero-order valence-corrected chi connectivity index (χ0v) is 11.8. The minimum atomic E-state index is 0.954. The summed E-state index contributed by atoms with van der Waals surface area (Å²) in [7, 11) is 0. The van der Waals surface area contributed by atoms with Gasteiger partial charge in [0.2, 0.25) is 0 Å². The SMILES string of the molecule is CSCCCCNCCN1CCC(C)CC1. The second-order valence-corrected chi connectivity index (χ2v) is 5.96. The van der Waals surface area contributed by atoms with Crippen molar-refractivity contribution in [2.75, 3.05) is 44.7 Å². The average molecular weight is 244 g/mol. The van der Waals surface area contributed by atoms with E-state index in [4.69, 9.17) is 0 Å². The van der Waals surface area contributed by atoms with Crippen molar-refractivity contribution in [2.45, 2.75) is 32.6 Å². The zero-order valence-electron chi connectivity index (χ0n) is 11.0. The highest BCUT2D eigenvalue weighted by molar-refractivity contribution is 7.98. The Bertz CT molecular complexity index is 156. The van der Waals surface area contributed by atoms with Crippen molar-refractivity contribution in [1.82, 2.24) is 10.2 Å². The van der Waals surface area contributed by atoms with E-state index in [1.165, 1.54) is 64.2 Å². The van der Waals surface area contributed by atoms with Crippen LogP contribution in [-0.4, -0.2) is 49.6 Å². The summed E-state index contributed by atoms with van der Waals surface area (Å²) >= 11 is 1.95. The van der Waals surface area contributed by atoms with Gasteiger partial charge in [-0.3, -0.25) is 0 Å². The minimum Gasteiger partial charge on any atom is -0.315 e. The smallest absolute Gasteiger partial charge is 0.0107 e. The third kappa shape index (κ3) is 6.77. The van der Waals surface area contributed by atoms with Gasteiger partial charge in [0.25, 0.3) is 0 Å². The van der Waals surface area contributed by atoms with Gasteiger partial charge in [-0.25, -0.2) is 0 Å². The van der Waals surface area contributed by atoms with Crippen LogP contribution in [0.3, 0.4) is 0 Å². The molecule has 0 saturated carbocycles. The Morgan fingerprint density at radius 2 is 1.94 bits per heavy atom. The van der Waals surface area contributed by atoms with Crippen LogP contribution in [0.25, 0.3) is 0 Å². The van der Waals surface area contributed by atoms with Gasteiger partial charge in [-0.1, -0.05) is 6.92 Å². The first kappa shape index (κ1) is 14.3. The molecule has 0 aliphatic carbocycles. The fourth-order valence-corrected chi connectivity index (χ4v) is 2.64. The van der Waals surface area contributed by atoms with E-state index in [2.05, 4.69) is 23.4 Å². The number of piperidine rings is 1. The maximum atomic E-state index is 3.55. The van der Waals surface area contributed by atoms with Crippen LogP contribution in [0.1, 0.15) is 32.6 Å². The van der Waals surface area contributed by atoms with Crippen molar-refractivity contribution in [3.05, 3.63) is 0 Å². The molecular formula is C13H28N2S. The molecule has 1 N–H and O–H groups in total. The molecule has 1 heterocycles. The number of likely N-dealkylation sites (tertiary alicyclic amines) is 1. The first-order valence-electron chi connectivity index (χ1n) is 6.75. The van der Waals surface area contributed by atoms with Crippen LogP contribution >= 0.6 is 11.8 Å². The van der Waals surface area contributed by atoms with Gasteiger partial charge in [-0.2, -0.15) is 11.8 Å². The molecule has 1 saturated heterocycles. The number of unbranched alkanes of at least 4 members (excludes halogenated alkanes) is 1. The van der Waals surface area contributed by atoms with Gasteiger partial charge < -0.3 is 10.2 Å². The maximum absolute atomic E-state index is 3.55. The molecule has 0 aromatic carbocycles. The summed E-state index contributed by atoms with van der Waals surface area (Å²) in [5.41, 5.74) is 0. The second-order valence-electron chi connectivity index (χ2n) is 4.97. The Hall–Kier alpha value is 0.270. The lowest BCUT2D eigenvalue weighted by Crippen LogP contribution is -2.37. The van der Waals surface area contributed by atoms with Gasteiger partial charge in [-0.05, 0) is 63.2 Å². The number of hydrogen-bond donors (Lipinski definition) is 1. The quantitative estimate of drug-likeness (QED) is 0.660. The van der Waals surface area contributed by atoms with Gasteiger partial charge in [-0.15, -0.1) is 0 Å². The normalized spacial score (nSPS) is 19.1. The molecule has 1 fully saturated rings. The van der Waals surface area contributed by atoms with E-state index in [0.29, 0.717) is 0 Å². The first-order chi connectivity index (χ1) is 7.83. The third-order valence-corrected chi connectivity index (χ3v) is 4.13. The predicted octanol–water partition coefficient (Wildman–Crippen LogP) is 2.45. The molecule has 2 nitrogen and oxygen atoms in total. The summed E-state index contributed by atoms with van der Waals surface area (Å²) in [6.45, 7) is 8.62. The lowest BCUT2D eigenvalue weighted by atomic mass is 9.99. The van der Waals surface area contributed by atoms with E-state index < -0.39 is 0 Å². The van der Waals surface area contributed by atoms with Crippen LogP contribution in [0.2, 0.25) is 0 Å². The van der Waals surface area contributed by atoms with E-state index in [-0.39, 0.29) is 0 Å². The van der Waals surface area contributed by atoms with Crippen LogP contribution in [0.4, 0.5) is 0 Å². The largest absolute Gasteiger partial charge is 0.315 e. The molecule has 1 aliphatic heterocycles. The highest BCUT2D eigenvalue weighted by Gasteiger charge is 2.14. The predicted molar refractivity (Wildman–Crippen MR) is 75.3 cm³/mol. The molecule has 0 aromatic rings. The Morgan fingerprint density at radius 3 is 2.62 bits per heavy atom. The summed E-state index contributed by atoms with van der Waals surface area (Å²) in [5, 5.41) is 3.55. The topological polar surface area (TPSA) is 15.3 Å². The van der Waals surface area contributed by atoms with Gasteiger partial charge in [0.15, 0.2) is 0 Å². The van der Waals surface area contributed by atoms with Gasteiger partial charge >= 0.3 is 0 Å². The van der Waals surface area contributed by atoms with Crippen molar-refractivity contribution in [1.29, 1.82) is 0 Å². The molecular weight excluding hydrogens is 216 g/mol. The third-order valence-electron chi connectivity index (χ3n) is 3.43. The standard InChI is InChI=1S/C13H28N2S/c1-13-5-9-15(10-6-13)11-8-14-7-3-4-12-16-2/h13-14H,3-12H2,1-2H3. The Kier molecular flexibility index (Phi) is 8.34. The van der Waals surface area contributed by atoms with E-state index in [9.17, 15) is 0 Å². The van der Waals surface area contributed by atoms with Crippen LogP contribution in [0.15, 0.2) is 0 Å². The molecule has 1 rings (SSSR count). The molecule has 16 heavy (non-hydrogen) atoms. The Balaban J connectivity index is 1.84. The molecule has 1 aliphatic rings. The fourth-order valence-electron chi connectivity index (χ4n) is 2.14. The Morgan fingerprint density at radius 1 is 1.19 bits per heavy atom. The maximum Gasteiger partial charge on any atom is 0.0107 e. The summed E-state index contributed by atoms with van der Waals surface area (Å²) in [6.07, 6.45) is 7.67. The van der Waals surface area contributed by atoms with Crippen LogP contribution in [-0.2, 0) is 0 Å². The number of rotatable bonds is 8. The van der Waals surface area contributed by atoms with Gasteiger partial charge in [0, 0.05) is 13.1 Å². The lowest BCUT2D eigenvalue weighted by Gasteiger charge is -2.30. The zero-order chi connectivity index (χ0) is 11.6. The van der Waals surface area contributed by atoms with Crippen molar-refractivity contribution in [2.24, 2.45) is 5.92 Å². The number of nitrogens with one attached hydrogen (secondary N) is 1. The monoisotopic (exact) mass is 244 g/mol. The summed E-state index contributed by atoms with van der Waals surface area (Å²) in [4.78, 5) is 2.61. The molecule has 0 aromatic heterocycles. The molecule has 0 spiro atoms. The van der Waals surface area contributed by atoms with E-state index in [1.807, 2.05) is 11.8 Å². The highest BCUT2D eigenvalue weighted by atomic mass is 32.2. The van der Waals surface area contributed by atoms with Crippen molar-refractivity contribution < 1.29 is 0 Å².